The first kappa shape index (κ1) is 25.3. The number of rotatable bonds is 5. The number of ketones is 1. The van der Waals surface area contributed by atoms with Crippen molar-refractivity contribution in [1.29, 1.82) is 0 Å². The molecule has 3 fully saturated rings. The van der Waals surface area contributed by atoms with Gasteiger partial charge in [0.1, 0.15) is 17.4 Å². The summed E-state index contributed by atoms with van der Waals surface area (Å²) in [6.45, 7) is 6.87. The van der Waals surface area contributed by atoms with E-state index < -0.39 is 5.50 Å². The van der Waals surface area contributed by atoms with Gasteiger partial charge in [-0.15, -0.1) is 11.6 Å². The predicted octanol–water partition coefficient (Wildman–Crippen LogP) is 6.86. The Balaban J connectivity index is 1.31. The molecule has 4 aliphatic rings. The van der Waals surface area contributed by atoms with Crippen molar-refractivity contribution in [2.45, 2.75) is 77.3 Å². The topological polar surface area (TPSA) is 55.4 Å². The van der Waals surface area contributed by atoms with E-state index in [-0.39, 0.29) is 28.8 Å². The van der Waals surface area contributed by atoms with Crippen LogP contribution in [0.4, 0.5) is 0 Å². The van der Waals surface area contributed by atoms with Gasteiger partial charge < -0.3 is 4.74 Å². The summed E-state index contributed by atoms with van der Waals surface area (Å²) in [5.41, 5.74) is 2.08. The zero-order valence-electron chi connectivity index (χ0n) is 21.0. The average molecular weight is 519 g/mol. The van der Waals surface area contributed by atoms with Crippen LogP contribution >= 0.6 is 23.2 Å². The van der Waals surface area contributed by atoms with Gasteiger partial charge in [-0.3, -0.25) is 14.9 Å². The second-order valence-electron chi connectivity index (χ2n) is 11.8. The number of carbonyl (C=O) groups excluding carboxylic acids is 2. The molecular formula is C29H37Cl2NO3. The second-order valence-corrected chi connectivity index (χ2v) is 12.6. The fourth-order valence-electron chi connectivity index (χ4n) is 8.21. The van der Waals surface area contributed by atoms with E-state index in [1.54, 1.807) is 0 Å². The molecular weight excluding hydrogens is 481 g/mol. The number of esters is 1. The summed E-state index contributed by atoms with van der Waals surface area (Å²) in [4.78, 5) is 24.9. The third-order valence-corrected chi connectivity index (χ3v) is 10.8. The van der Waals surface area contributed by atoms with E-state index in [1.165, 1.54) is 12.5 Å². The summed E-state index contributed by atoms with van der Waals surface area (Å²) in [6.07, 6.45) is 9.26. The van der Waals surface area contributed by atoms with E-state index >= 15 is 0 Å². The molecule has 4 nitrogen and oxygen atoms in total. The molecule has 1 aromatic carbocycles. The smallest absolute Gasteiger partial charge is 0.302 e. The minimum absolute atomic E-state index is 0.00100. The first-order valence-electron chi connectivity index (χ1n) is 13.1. The number of carbonyl (C=O) groups is 2. The lowest BCUT2D eigenvalue weighted by molar-refractivity contribution is -0.148. The molecule has 0 spiro atoms. The van der Waals surface area contributed by atoms with Gasteiger partial charge in [0.25, 0.3) is 0 Å². The monoisotopic (exact) mass is 517 g/mol. The average Bonchev–Trinajstić information content (AvgIpc) is 3.07. The summed E-state index contributed by atoms with van der Waals surface area (Å²) in [6, 6.07) is 7.61. The van der Waals surface area contributed by atoms with Crippen molar-refractivity contribution < 1.29 is 14.3 Å². The standard InChI is InChI=1S/C29H37Cl2NO3/c1-17(33)35-19-10-12-28(2)18(14-19)8-9-20-22(28)11-13-29(3)23(20)15-26(34)24(29)16-32-27(31)21-6-4-5-7-25(21)30/h4-8,19-20,22-24,27,32H,9-16H2,1-3H3/t19-,20+,22-,23-,24?,27?,28-,29-/m0/s1. The second kappa shape index (κ2) is 9.50. The lowest BCUT2D eigenvalue weighted by Crippen LogP contribution is -2.51. The van der Waals surface area contributed by atoms with Crippen molar-refractivity contribution in [3.8, 4) is 0 Å². The summed E-state index contributed by atoms with van der Waals surface area (Å²) in [7, 11) is 0. The molecule has 0 aliphatic heterocycles. The van der Waals surface area contributed by atoms with Crippen LogP contribution in [0.1, 0.15) is 76.8 Å². The molecule has 190 valence electrons. The van der Waals surface area contributed by atoms with E-state index in [0.717, 1.165) is 44.1 Å². The van der Waals surface area contributed by atoms with E-state index in [0.29, 0.717) is 41.5 Å². The maximum atomic E-state index is 13.4. The van der Waals surface area contributed by atoms with Gasteiger partial charge >= 0.3 is 5.97 Å². The minimum Gasteiger partial charge on any atom is -0.462 e. The Morgan fingerprint density at radius 1 is 1.17 bits per heavy atom. The number of benzene rings is 1. The zero-order chi connectivity index (χ0) is 25.0. The number of fused-ring (bicyclic) bond motifs is 5. The Hall–Kier alpha value is -1.36. The molecule has 0 bridgehead atoms. The van der Waals surface area contributed by atoms with Crippen molar-refractivity contribution in [2.75, 3.05) is 6.54 Å². The van der Waals surface area contributed by atoms with Crippen LogP contribution in [-0.4, -0.2) is 24.4 Å². The Kier molecular flexibility index (Phi) is 6.87. The van der Waals surface area contributed by atoms with Crippen LogP contribution in [0, 0.1) is 34.5 Å². The Bertz CT molecular complexity index is 1040. The third kappa shape index (κ3) is 4.38. The van der Waals surface area contributed by atoms with Gasteiger partial charge in [-0.2, -0.15) is 0 Å². The zero-order valence-corrected chi connectivity index (χ0v) is 22.5. The van der Waals surface area contributed by atoms with E-state index in [2.05, 4.69) is 25.2 Å². The van der Waals surface area contributed by atoms with Gasteiger partial charge in [0.2, 0.25) is 0 Å². The highest BCUT2D eigenvalue weighted by atomic mass is 35.5. The molecule has 0 saturated heterocycles. The van der Waals surface area contributed by atoms with Crippen LogP contribution < -0.4 is 5.32 Å². The molecule has 35 heavy (non-hydrogen) atoms. The van der Waals surface area contributed by atoms with Crippen molar-refractivity contribution in [3.63, 3.8) is 0 Å². The first-order valence-corrected chi connectivity index (χ1v) is 14.0. The van der Waals surface area contributed by atoms with Crippen LogP contribution in [-0.2, 0) is 14.3 Å². The van der Waals surface area contributed by atoms with Gasteiger partial charge in [0, 0.05) is 42.8 Å². The lowest BCUT2D eigenvalue weighted by Gasteiger charge is -2.57. The van der Waals surface area contributed by atoms with Crippen LogP contribution in [0.15, 0.2) is 35.9 Å². The largest absolute Gasteiger partial charge is 0.462 e. The molecule has 1 N–H and O–H groups in total. The summed E-state index contributed by atoms with van der Waals surface area (Å²) < 4.78 is 5.57. The molecule has 3 saturated carbocycles. The lowest BCUT2D eigenvalue weighted by atomic mass is 9.47. The fourth-order valence-corrected chi connectivity index (χ4v) is 8.79. The van der Waals surface area contributed by atoms with Crippen LogP contribution in [0.5, 0.6) is 0 Å². The van der Waals surface area contributed by atoms with Gasteiger partial charge in [0.05, 0.1) is 0 Å². The van der Waals surface area contributed by atoms with Gasteiger partial charge in [-0.1, -0.05) is 55.3 Å². The highest BCUT2D eigenvalue weighted by molar-refractivity contribution is 6.32. The predicted molar refractivity (Wildman–Crippen MR) is 139 cm³/mol. The third-order valence-electron chi connectivity index (χ3n) is 10.1. The number of alkyl halides is 1. The maximum Gasteiger partial charge on any atom is 0.302 e. The molecule has 5 rings (SSSR count). The van der Waals surface area contributed by atoms with Crippen molar-refractivity contribution in [2.24, 2.45) is 34.5 Å². The molecule has 0 aromatic heterocycles. The quantitative estimate of drug-likeness (QED) is 0.200. The highest BCUT2D eigenvalue weighted by Crippen LogP contribution is 2.65. The highest BCUT2D eigenvalue weighted by Gasteiger charge is 2.61. The summed E-state index contributed by atoms with van der Waals surface area (Å²) in [5.74, 6) is 1.73. The fraction of sp³-hybridized carbons (Fsp3) is 0.655. The number of hydrogen-bond donors (Lipinski definition) is 1. The summed E-state index contributed by atoms with van der Waals surface area (Å²) >= 11 is 13.0. The van der Waals surface area contributed by atoms with Crippen LogP contribution in [0.25, 0.3) is 0 Å². The van der Waals surface area contributed by atoms with Crippen LogP contribution in [0.3, 0.4) is 0 Å². The van der Waals surface area contributed by atoms with Crippen molar-refractivity contribution in [1.82, 2.24) is 5.32 Å². The number of Topliss-reactive ketones (excluding diaryl/α,β-unsaturated/α-hetero) is 1. The van der Waals surface area contributed by atoms with E-state index in [1.807, 2.05) is 24.3 Å². The number of hydrogen-bond acceptors (Lipinski definition) is 4. The summed E-state index contributed by atoms with van der Waals surface area (Å²) in [5, 5.41) is 4.06. The molecule has 0 radical (unpaired) electrons. The molecule has 2 unspecified atom stereocenters. The van der Waals surface area contributed by atoms with E-state index in [9.17, 15) is 9.59 Å². The number of ether oxygens (including phenoxy) is 1. The molecule has 1 aromatic rings. The Morgan fingerprint density at radius 2 is 1.94 bits per heavy atom. The molecule has 8 atom stereocenters. The molecule has 4 aliphatic carbocycles. The molecule has 0 amide bonds. The number of halogens is 2. The SMILES string of the molecule is CC(=O)O[C@H]1CC[C@@]2(C)C(=CC[C@@H]3[C@@H]2CC[C@]2(C)C(CNC(Cl)c4ccccc4Cl)C(=O)C[C@@H]32)C1. The van der Waals surface area contributed by atoms with Crippen molar-refractivity contribution >= 4 is 35.0 Å². The Labute approximate surface area is 219 Å². The molecule has 0 heterocycles. The maximum absolute atomic E-state index is 13.4. The van der Waals surface area contributed by atoms with Gasteiger partial charge in [-0.05, 0) is 66.8 Å². The first-order chi connectivity index (χ1) is 16.6. The van der Waals surface area contributed by atoms with E-state index in [4.69, 9.17) is 27.9 Å². The van der Waals surface area contributed by atoms with Crippen LogP contribution in [0.2, 0.25) is 5.02 Å². The number of allylic oxidation sites excluding steroid dienone is 1. The van der Waals surface area contributed by atoms with Crippen molar-refractivity contribution in [3.05, 3.63) is 46.5 Å². The minimum atomic E-state index is -0.415. The van der Waals surface area contributed by atoms with Gasteiger partial charge in [0.15, 0.2) is 0 Å². The molecule has 6 heteroatoms. The van der Waals surface area contributed by atoms with Gasteiger partial charge in [-0.25, -0.2) is 0 Å². The Morgan fingerprint density at radius 3 is 2.69 bits per heavy atom. The number of nitrogens with one attached hydrogen (secondary N) is 1. The normalized spacial score (nSPS) is 39.2.